The minimum atomic E-state index is 0.590. The van der Waals surface area contributed by atoms with Crippen LogP contribution in [0.3, 0.4) is 0 Å². The predicted octanol–water partition coefficient (Wildman–Crippen LogP) is 3.54. The van der Waals surface area contributed by atoms with E-state index in [2.05, 4.69) is 10.7 Å². The van der Waals surface area contributed by atoms with Gasteiger partial charge in [-0.25, -0.2) is 4.98 Å². The molecule has 1 aliphatic rings. The maximum Gasteiger partial charge on any atom is 0.123 e. The maximum atomic E-state index is 5.88. The predicted molar refractivity (Wildman–Crippen MR) is 72.8 cm³/mol. The average Bonchev–Trinajstić information content (AvgIpc) is 3.00. The Hall–Kier alpha value is -0.900. The Balaban J connectivity index is 1.86. The first-order valence-electron chi connectivity index (χ1n) is 5.75. The summed E-state index contributed by atoms with van der Waals surface area (Å²) < 4.78 is 0. The Morgan fingerprint density at radius 3 is 2.82 bits per heavy atom. The normalized spacial score (nSPS) is 19.7. The highest BCUT2D eigenvalue weighted by Gasteiger charge is 2.19. The maximum absolute atomic E-state index is 5.88. The topological polar surface area (TPSA) is 24.9 Å². The van der Waals surface area contributed by atoms with E-state index in [0.717, 1.165) is 28.7 Å². The minimum Gasteiger partial charge on any atom is -0.316 e. The lowest BCUT2D eigenvalue weighted by atomic mass is 10.1. The second kappa shape index (κ2) is 4.77. The number of nitrogens with zero attached hydrogens (tertiary/aromatic N) is 1. The monoisotopic (exact) mass is 264 g/mol. The highest BCUT2D eigenvalue weighted by Crippen LogP contribution is 2.29. The third-order valence-corrected chi connectivity index (χ3v) is 4.25. The summed E-state index contributed by atoms with van der Waals surface area (Å²) in [5.41, 5.74) is 2.38. The van der Waals surface area contributed by atoms with Gasteiger partial charge >= 0.3 is 0 Å². The summed E-state index contributed by atoms with van der Waals surface area (Å²) in [6, 6.07) is 7.87. The summed E-state index contributed by atoms with van der Waals surface area (Å²) in [6.45, 7) is 2.17. The van der Waals surface area contributed by atoms with Crippen molar-refractivity contribution in [1.82, 2.24) is 10.3 Å². The Morgan fingerprint density at radius 1 is 1.29 bits per heavy atom. The van der Waals surface area contributed by atoms with Crippen LogP contribution >= 0.6 is 22.9 Å². The molecule has 1 aromatic heterocycles. The molecule has 0 spiro atoms. The Bertz CT molecular complexity index is 500. The summed E-state index contributed by atoms with van der Waals surface area (Å²) >= 11 is 7.60. The van der Waals surface area contributed by atoms with Gasteiger partial charge < -0.3 is 5.32 Å². The van der Waals surface area contributed by atoms with Gasteiger partial charge in [-0.1, -0.05) is 23.7 Å². The first-order chi connectivity index (χ1) is 8.33. The Kier molecular flexibility index (Phi) is 3.14. The number of nitrogens with one attached hydrogen (secondary N) is 1. The molecular formula is C13H13ClN2S. The fraction of sp³-hybridized carbons (Fsp3) is 0.308. The molecule has 2 heterocycles. The van der Waals surface area contributed by atoms with Crippen molar-refractivity contribution in [2.45, 2.75) is 12.3 Å². The van der Waals surface area contributed by atoms with E-state index in [1.54, 1.807) is 11.3 Å². The van der Waals surface area contributed by atoms with Crippen LogP contribution in [0.4, 0.5) is 0 Å². The van der Waals surface area contributed by atoms with Gasteiger partial charge in [0.2, 0.25) is 0 Å². The number of benzene rings is 1. The number of hydrogen-bond donors (Lipinski definition) is 1. The number of aromatic nitrogens is 1. The molecule has 0 aliphatic carbocycles. The van der Waals surface area contributed by atoms with Gasteiger partial charge in [0.25, 0.3) is 0 Å². The van der Waals surface area contributed by atoms with Gasteiger partial charge in [-0.05, 0) is 25.1 Å². The summed E-state index contributed by atoms with van der Waals surface area (Å²) in [5.74, 6) is 0.590. The standard InChI is InChI=1S/C13H13ClN2S/c14-11-3-1-9(2-4-11)13-16-12(8-17-13)10-5-6-15-7-10/h1-4,8,10,15H,5-7H2. The van der Waals surface area contributed by atoms with Gasteiger partial charge in [-0.2, -0.15) is 0 Å². The molecule has 1 aliphatic heterocycles. The first-order valence-corrected chi connectivity index (χ1v) is 7.01. The third-order valence-electron chi connectivity index (χ3n) is 3.09. The fourth-order valence-corrected chi connectivity index (χ4v) is 3.14. The van der Waals surface area contributed by atoms with Crippen LogP contribution in [0, 0.1) is 0 Å². The summed E-state index contributed by atoms with van der Waals surface area (Å²) in [7, 11) is 0. The average molecular weight is 265 g/mol. The van der Waals surface area contributed by atoms with Crippen molar-refractivity contribution >= 4 is 22.9 Å². The highest BCUT2D eigenvalue weighted by molar-refractivity contribution is 7.13. The van der Waals surface area contributed by atoms with E-state index < -0.39 is 0 Å². The zero-order chi connectivity index (χ0) is 11.7. The van der Waals surface area contributed by atoms with Crippen LogP contribution < -0.4 is 5.32 Å². The third kappa shape index (κ3) is 2.37. The molecule has 3 rings (SSSR count). The van der Waals surface area contributed by atoms with E-state index in [-0.39, 0.29) is 0 Å². The minimum absolute atomic E-state index is 0.590. The van der Waals surface area contributed by atoms with Crippen molar-refractivity contribution in [3.8, 4) is 10.6 Å². The molecule has 1 fully saturated rings. The van der Waals surface area contributed by atoms with Gasteiger partial charge in [-0.3, -0.25) is 0 Å². The highest BCUT2D eigenvalue weighted by atomic mass is 35.5. The molecule has 0 bridgehead atoms. The molecule has 17 heavy (non-hydrogen) atoms. The van der Waals surface area contributed by atoms with Gasteiger partial charge in [0, 0.05) is 28.4 Å². The SMILES string of the molecule is Clc1ccc(-c2nc(C3CCNC3)cs2)cc1. The van der Waals surface area contributed by atoms with E-state index in [9.17, 15) is 0 Å². The van der Waals surface area contributed by atoms with E-state index in [0.29, 0.717) is 5.92 Å². The van der Waals surface area contributed by atoms with Crippen LogP contribution in [0.5, 0.6) is 0 Å². The van der Waals surface area contributed by atoms with Crippen LogP contribution in [0.15, 0.2) is 29.6 Å². The zero-order valence-corrected chi connectivity index (χ0v) is 10.9. The van der Waals surface area contributed by atoms with Crippen LogP contribution in [-0.4, -0.2) is 18.1 Å². The molecule has 2 nitrogen and oxygen atoms in total. The first kappa shape index (κ1) is 11.2. The summed E-state index contributed by atoms with van der Waals surface area (Å²) in [6.07, 6.45) is 1.20. The smallest absolute Gasteiger partial charge is 0.123 e. The van der Waals surface area contributed by atoms with E-state index >= 15 is 0 Å². The van der Waals surface area contributed by atoms with Crippen molar-refractivity contribution in [1.29, 1.82) is 0 Å². The Morgan fingerprint density at radius 2 is 2.12 bits per heavy atom. The number of rotatable bonds is 2. The van der Waals surface area contributed by atoms with Crippen molar-refractivity contribution in [3.63, 3.8) is 0 Å². The van der Waals surface area contributed by atoms with Crippen molar-refractivity contribution in [2.75, 3.05) is 13.1 Å². The largest absolute Gasteiger partial charge is 0.316 e. The molecular weight excluding hydrogens is 252 g/mol. The quantitative estimate of drug-likeness (QED) is 0.897. The number of halogens is 1. The molecule has 0 amide bonds. The Labute approximate surface area is 110 Å². The van der Waals surface area contributed by atoms with Gasteiger partial charge in [0.15, 0.2) is 0 Å². The second-order valence-electron chi connectivity index (χ2n) is 4.27. The molecule has 0 radical (unpaired) electrons. The van der Waals surface area contributed by atoms with Crippen molar-refractivity contribution < 1.29 is 0 Å². The van der Waals surface area contributed by atoms with Crippen molar-refractivity contribution in [2.24, 2.45) is 0 Å². The van der Waals surface area contributed by atoms with Gasteiger partial charge in [0.1, 0.15) is 5.01 Å². The lowest BCUT2D eigenvalue weighted by Crippen LogP contribution is -2.08. The van der Waals surface area contributed by atoms with Crippen LogP contribution in [-0.2, 0) is 0 Å². The number of thiazole rings is 1. The molecule has 4 heteroatoms. The molecule has 1 N–H and O–H groups in total. The van der Waals surface area contributed by atoms with Crippen LogP contribution in [0.25, 0.3) is 10.6 Å². The summed E-state index contributed by atoms with van der Waals surface area (Å²) in [5, 5.41) is 7.41. The zero-order valence-electron chi connectivity index (χ0n) is 9.32. The van der Waals surface area contributed by atoms with Crippen LogP contribution in [0.1, 0.15) is 18.0 Å². The molecule has 1 saturated heterocycles. The van der Waals surface area contributed by atoms with E-state index in [1.807, 2.05) is 24.3 Å². The molecule has 88 valence electrons. The van der Waals surface area contributed by atoms with Crippen LogP contribution in [0.2, 0.25) is 5.02 Å². The molecule has 0 saturated carbocycles. The summed E-state index contributed by atoms with van der Waals surface area (Å²) in [4.78, 5) is 4.73. The molecule has 1 unspecified atom stereocenters. The second-order valence-corrected chi connectivity index (χ2v) is 5.57. The van der Waals surface area contributed by atoms with Gasteiger partial charge in [0.05, 0.1) is 5.69 Å². The van der Waals surface area contributed by atoms with Gasteiger partial charge in [-0.15, -0.1) is 11.3 Å². The lowest BCUT2D eigenvalue weighted by molar-refractivity contribution is 0.742. The fourth-order valence-electron chi connectivity index (χ4n) is 2.11. The molecule has 1 aromatic carbocycles. The van der Waals surface area contributed by atoms with E-state index in [1.165, 1.54) is 12.1 Å². The molecule has 2 aromatic rings. The van der Waals surface area contributed by atoms with Crippen molar-refractivity contribution in [3.05, 3.63) is 40.4 Å². The van der Waals surface area contributed by atoms with E-state index in [4.69, 9.17) is 16.6 Å². The lowest BCUT2D eigenvalue weighted by Gasteiger charge is -2.02. The number of hydrogen-bond acceptors (Lipinski definition) is 3. The molecule has 1 atom stereocenters.